The van der Waals surface area contributed by atoms with E-state index in [9.17, 15) is 4.79 Å². The Kier molecular flexibility index (Phi) is 5.21. The summed E-state index contributed by atoms with van der Waals surface area (Å²) in [5.41, 5.74) is 1.08. The highest BCUT2D eigenvalue weighted by Gasteiger charge is 2.12. The molecule has 3 heteroatoms. The SMILES string of the molecule is O=C(Cc1ccccc1)NCCC1CCCNC1. The Bertz CT molecular complexity index is 358. The van der Waals surface area contributed by atoms with Crippen LogP contribution in [0.4, 0.5) is 0 Å². The van der Waals surface area contributed by atoms with Gasteiger partial charge in [-0.2, -0.15) is 0 Å². The average molecular weight is 246 g/mol. The molecule has 2 N–H and O–H groups in total. The number of amides is 1. The van der Waals surface area contributed by atoms with Crippen LogP contribution in [0.1, 0.15) is 24.8 Å². The molecular formula is C15H22N2O. The predicted octanol–water partition coefficient (Wildman–Crippen LogP) is 1.73. The van der Waals surface area contributed by atoms with Crippen molar-refractivity contribution in [1.82, 2.24) is 10.6 Å². The summed E-state index contributed by atoms with van der Waals surface area (Å²) in [7, 11) is 0. The molecule has 2 rings (SSSR count). The van der Waals surface area contributed by atoms with Crippen LogP contribution in [0.5, 0.6) is 0 Å². The molecule has 1 unspecified atom stereocenters. The third-order valence-electron chi connectivity index (χ3n) is 3.48. The van der Waals surface area contributed by atoms with Crippen LogP contribution < -0.4 is 10.6 Å². The fraction of sp³-hybridized carbons (Fsp3) is 0.533. The Morgan fingerprint density at radius 3 is 2.89 bits per heavy atom. The standard InChI is InChI=1S/C15H22N2O/c18-15(11-13-5-2-1-3-6-13)17-10-8-14-7-4-9-16-12-14/h1-3,5-6,14,16H,4,7-12H2,(H,17,18). The van der Waals surface area contributed by atoms with Gasteiger partial charge in [-0.05, 0) is 43.8 Å². The van der Waals surface area contributed by atoms with E-state index in [1.807, 2.05) is 30.3 Å². The number of piperidine rings is 1. The van der Waals surface area contributed by atoms with Crippen LogP contribution in [-0.2, 0) is 11.2 Å². The molecule has 1 saturated heterocycles. The van der Waals surface area contributed by atoms with Gasteiger partial charge in [0.25, 0.3) is 0 Å². The van der Waals surface area contributed by atoms with E-state index in [1.54, 1.807) is 0 Å². The molecule has 0 bridgehead atoms. The van der Waals surface area contributed by atoms with Crippen LogP contribution in [0.2, 0.25) is 0 Å². The van der Waals surface area contributed by atoms with Gasteiger partial charge in [0, 0.05) is 6.54 Å². The lowest BCUT2D eigenvalue weighted by atomic mass is 9.96. The number of hydrogen-bond acceptors (Lipinski definition) is 2. The zero-order valence-electron chi connectivity index (χ0n) is 10.8. The van der Waals surface area contributed by atoms with E-state index in [2.05, 4.69) is 10.6 Å². The van der Waals surface area contributed by atoms with E-state index in [4.69, 9.17) is 0 Å². The summed E-state index contributed by atoms with van der Waals surface area (Å²) in [6, 6.07) is 9.89. The lowest BCUT2D eigenvalue weighted by molar-refractivity contribution is -0.120. The van der Waals surface area contributed by atoms with E-state index in [0.717, 1.165) is 37.5 Å². The van der Waals surface area contributed by atoms with Gasteiger partial charge in [-0.3, -0.25) is 4.79 Å². The summed E-state index contributed by atoms with van der Waals surface area (Å²) in [4.78, 5) is 11.7. The fourth-order valence-electron chi connectivity index (χ4n) is 2.43. The number of carbonyl (C=O) groups excluding carboxylic acids is 1. The summed E-state index contributed by atoms with van der Waals surface area (Å²) in [5, 5.41) is 6.41. The Morgan fingerprint density at radius 2 is 2.17 bits per heavy atom. The molecule has 0 spiro atoms. The molecule has 1 aliphatic heterocycles. The van der Waals surface area contributed by atoms with Crippen LogP contribution >= 0.6 is 0 Å². The van der Waals surface area contributed by atoms with E-state index in [0.29, 0.717) is 6.42 Å². The summed E-state index contributed by atoms with van der Waals surface area (Å²) in [6.45, 7) is 3.06. The number of rotatable bonds is 5. The van der Waals surface area contributed by atoms with Crippen LogP contribution in [-0.4, -0.2) is 25.5 Å². The maximum Gasteiger partial charge on any atom is 0.224 e. The van der Waals surface area contributed by atoms with E-state index in [-0.39, 0.29) is 5.91 Å². The van der Waals surface area contributed by atoms with Gasteiger partial charge in [-0.25, -0.2) is 0 Å². The van der Waals surface area contributed by atoms with Crippen molar-refractivity contribution in [2.75, 3.05) is 19.6 Å². The first kappa shape index (κ1) is 13.1. The highest BCUT2D eigenvalue weighted by molar-refractivity contribution is 5.78. The van der Waals surface area contributed by atoms with Gasteiger partial charge >= 0.3 is 0 Å². The molecule has 3 nitrogen and oxygen atoms in total. The van der Waals surface area contributed by atoms with Gasteiger partial charge in [0.05, 0.1) is 6.42 Å². The monoisotopic (exact) mass is 246 g/mol. The van der Waals surface area contributed by atoms with E-state index >= 15 is 0 Å². The summed E-state index contributed by atoms with van der Waals surface area (Å²) in [6.07, 6.45) is 4.14. The van der Waals surface area contributed by atoms with Crippen molar-refractivity contribution in [3.8, 4) is 0 Å². The Hall–Kier alpha value is -1.35. The molecule has 0 radical (unpaired) electrons. The Morgan fingerprint density at radius 1 is 1.33 bits per heavy atom. The molecule has 0 aliphatic carbocycles. The largest absolute Gasteiger partial charge is 0.356 e. The maximum absolute atomic E-state index is 11.7. The van der Waals surface area contributed by atoms with Crippen LogP contribution in [0.25, 0.3) is 0 Å². The molecule has 0 aromatic heterocycles. The van der Waals surface area contributed by atoms with Gasteiger partial charge in [0.1, 0.15) is 0 Å². The molecular weight excluding hydrogens is 224 g/mol. The van der Waals surface area contributed by atoms with E-state index in [1.165, 1.54) is 12.8 Å². The van der Waals surface area contributed by atoms with Crippen molar-refractivity contribution >= 4 is 5.91 Å². The zero-order chi connectivity index (χ0) is 12.6. The lowest BCUT2D eigenvalue weighted by Crippen LogP contribution is -2.33. The molecule has 18 heavy (non-hydrogen) atoms. The van der Waals surface area contributed by atoms with Crippen molar-refractivity contribution < 1.29 is 4.79 Å². The third-order valence-corrected chi connectivity index (χ3v) is 3.48. The number of hydrogen-bond donors (Lipinski definition) is 2. The number of carbonyl (C=O) groups is 1. The lowest BCUT2D eigenvalue weighted by Gasteiger charge is -2.22. The Balaban J connectivity index is 1.62. The highest BCUT2D eigenvalue weighted by Crippen LogP contribution is 2.12. The van der Waals surface area contributed by atoms with Gasteiger partial charge in [-0.1, -0.05) is 30.3 Å². The van der Waals surface area contributed by atoms with Crippen LogP contribution in [0.3, 0.4) is 0 Å². The second-order valence-electron chi connectivity index (χ2n) is 5.01. The first-order valence-electron chi connectivity index (χ1n) is 6.86. The van der Waals surface area contributed by atoms with Crippen molar-refractivity contribution in [3.63, 3.8) is 0 Å². The van der Waals surface area contributed by atoms with E-state index < -0.39 is 0 Å². The molecule has 1 aromatic rings. The normalized spacial score (nSPS) is 19.4. The minimum atomic E-state index is 0.130. The van der Waals surface area contributed by atoms with Crippen LogP contribution in [0.15, 0.2) is 30.3 Å². The summed E-state index contributed by atoms with van der Waals surface area (Å²) >= 11 is 0. The Labute approximate surface area is 109 Å². The molecule has 1 fully saturated rings. The topological polar surface area (TPSA) is 41.1 Å². The zero-order valence-corrected chi connectivity index (χ0v) is 10.8. The van der Waals surface area contributed by atoms with Crippen molar-refractivity contribution in [1.29, 1.82) is 0 Å². The van der Waals surface area contributed by atoms with Gasteiger partial charge in [0.15, 0.2) is 0 Å². The first-order chi connectivity index (χ1) is 8.84. The second kappa shape index (κ2) is 7.17. The molecule has 1 aromatic carbocycles. The predicted molar refractivity (Wildman–Crippen MR) is 73.4 cm³/mol. The van der Waals surface area contributed by atoms with Crippen molar-refractivity contribution in [2.45, 2.75) is 25.7 Å². The van der Waals surface area contributed by atoms with Gasteiger partial charge in [0.2, 0.25) is 5.91 Å². The summed E-state index contributed by atoms with van der Waals surface area (Å²) < 4.78 is 0. The second-order valence-corrected chi connectivity index (χ2v) is 5.01. The first-order valence-corrected chi connectivity index (χ1v) is 6.86. The molecule has 98 valence electrons. The fourth-order valence-corrected chi connectivity index (χ4v) is 2.43. The third kappa shape index (κ3) is 4.49. The van der Waals surface area contributed by atoms with Crippen molar-refractivity contribution in [2.24, 2.45) is 5.92 Å². The minimum absolute atomic E-state index is 0.130. The average Bonchev–Trinajstić information content (AvgIpc) is 2.41. The molecule has 1 heterocycles. The minimum Gasteiger partial charge on any atom is -0.356 e. The smallest absolute Gasteiger partial charge is 0.224 e. The quantitative estimate of drug-likeness (QED) is 0.831. The molecule has 1 amide bonds. The molecule has 1 atom stereocenters. The highest BCUT2D eigenvalue weighted by atomic mass is 16.1. The molecule has 1 aliphatic rings. The van der Waals surface area contributed by atoms with Crippen LogP contribution in [0, 0.1) is 5.92 Å². The van der Waals surface area contributed by atoms with Gasteiger partial charge < -0.3 is 10.6 Å². The maximum atomic E-state index is 11.7. The molecule has 0 saturated carbocycles. The van der Waals surface area contributed by atoms with Crippen molar-refractivity contribution in [3.05, 3.63) is 35.9 Å². The number of nitrogens with one attached hydrogen (secondary N) is 2. The number of benzene rings is 1. The summed E-state index contributed by atoms with van der Waals surface area (Å²) in [5.74, 6) is 0.862. The van der Waals surface area contributed by atoms with Gasteiger partial charge in [-0.15, -0.1) is 0 Å².